The van der Waals surface area contributed by atoms with E-state index in [0.717, 1.165) is 10.1 Å². The third-order valence-corrected chi connectivity index (χ3v) is 6.43. The van der Waals surface area contributed by atoms with E-state index in [1.165, 1.54) is 18.2 Å². The molecule has 1 aliphatic rings. The van der Waals surface area contributed by atoms with Gasteiger partial charge >= 0.3 is 0 Å². The number of rotatable bonds is 7. The highest BCUT2D eigenvalue weighted by Gasteiger charge is 2.23. The maximum absolute atomic E-state index is 13.3. The Morgan fingerprint density at radius 2 is 1.87 bits per heavy atom. The van der Waals surface area contributed by atoms with Crippen LogP contribution in [0.5, 0.6) is 5.75 Å². The van der Waals surface area contributed by atoms with E-state index in [-0.39, 0.29) is 22.7 Å². The molecule has 2 aromatic carbocycles. The van der Waals surface area contributed by atoms with Gasteiger partial charge in [-0.3, -0.25) is 23.7 Å². The van der Waals surface area contributed by atoms with E-state index < -0.39 is 17.4 Å². The van der Waals surface area contributed by atoms with Crippen molar-refractivity contribution in [3.63, 3.8) is 0 Å². The monoisotopic (exact) mass is 515 g/mol. The molecule has 1 aliphatic heterocycles. The summed E-state index contributed by atoms with van der Waals surface area (Å²) < 4.78 is 6.82. The molecule has 0 spiro atoms. The molecule has 1 aromatic heterocycles. The lowest BCUT2D eigenvalue weighted by Crippen LogP contribution is -2.39. The Morgan fingerprint density at radius 3 is 2.55 bits per heavy atom. The average molecular weight is 516 g/mol. The van der Waals surface area contributed by atoms with Gasteiger partial charge in [-0.15, -0.1) is 0 Å². The first kappa shape index (κ1) is 26.3. The highest BCUT2D eigenvalue weighted by Crippen LogP contribution is 2.37. The number of carbonyl (C=O) groups excluding carboxylic acids is 3. The van der Waals surface area contributed by atoms with Gasteiger partial charge in [0.25, 0.3) is 17.4 Å². The van der Waals surface area contributed by atoms with Crippen LogP contribution in [0.2, 0.25) is 0 Å². The number of fused-ring (bicyclic) bond motifs is 2. The zero-order valence-corrected chi connectivity index (χ0v) is 21.6. The summed E-state index contributed by atoms with van der Waals surface area (Å²) in [4.78, 5) is 58.2. The molecule has 196 valence electrons. The van der Waals surface area contributed by atoms with Gasteiger partial charge in [-0.1, -0.05) is 31.4 Å². The summed E-state index contributed by atoms with van der Waals surface area (Å²) in [7, 11) is 0. The quantitative estimate of drug-likeness (QED) is 0.484. The van der Waals surface area contributed by atoms with Crippen molar-refractivity contribution in [3.8, 4) is 16.9 Å². The molecular weight excluding hydrogens is 486 g/mol. The van der Waals surface area contributed by atoms with Crippen LogP contribution in [0.15, 0.2) is 66.4 Å². The summed E-state index contributed by atoms with van der Waals surface area (Å²) in [5.74, 6) is -0.652. The number of hydrogen-bond donors (Lipinski definition) is 1. The van der Waals surface area contributed by atoms with Crippen molar-refractivity contribution >= 4 is 40.0 Å². The topological polar surface area (TPSA) is 114 Å². The van der Waals surface area contributed by atoms with Crippen molar-refractivity contribution in [1.82, 2.24) is 19.8 Å². The smallest absolute Gasteiger partial charge is 0.272 e. The molecule has 3 aromatic rings. The van der Waals surface area contributed by atoms with E-state index in [2.05, 4.69) is 23.5 Å². The first-order chi connectivity index (χ1) is 18.2. The molecule has 0 saturated heterocycles. The van der Waals surface area contributed by atoms with Gasteiger partial charge in [0.1, 0.15) is 24.4 Å². The fourth-order valence-corrected chi connectivity index (χ4v) is 4.37. The number of anilines is 1. The summed E-state index contributed by atoms with van der Waals surface area (Å²) >= 11 is 0. The number of para-hydroxylation sites is 1. The minimum absolute atomic E-state index is 0.0695. The second-order valence-electron chi connectivity index (χ2n) is 8.68. The van der Waals surface area contributed by atoms with E-state index in [4.69, 9.17) is 4.74 Å². The number of amides is 3. The highest BCUT2D eigenvalue weighted by atomic mass is 16.5. The van der Waals surface area contributed by atoms with Crippen molar-refractivity contribution in [2.75, 3.05) is 31.1 Å². The molecule has 10 nitrogen and oxygen atoms in total. The van der Waals surface area contributed by atoms with Gasteiger partial charge in [0.05, 0.1) is 28.8 Å². The molecule has 0 radical (unpaired) electrons. The normalized spacial score (nSPS) is 12.3. The summed E-state index contributed by atoms with van der Waals surface area (Å²) in [5.41, 5.74) is 1.76. The van der Waals surface area contributed by atoms with E-state index in [0.29, 0.717) is 48.8 Å². The predicted octanol–water partition coefficient (Wildman–Crippen LogP) is 2.78. The van der Waals surface area contributed by atoms with Crippen molar-refractivity contribution in [2.24, 2.45) is 0 Å². The number of benzene rings is 2. The maximum Gasteiger partial charge on any atom is 0.272 e. The van der Waals surface area contributed by atoms with Gasteiger partial charge in [-0.25, -0.2) is 4.98 Å². The van der Waals surface area contributed by atoms with Gasteiger partial charge < -0.3 is 19.9 Å². The summed E-state index contributed by atoms with van der Waals surface area (Å²) in [5, 5.41) is 2.71. The van der Waals surface area contributed by atoms with Crippen LogP contribution >= 0.6 is 0 Å². The van der Waals surface area contributed by atoms with Crippen molar-refractivity contribution in [3.05, 3.63) is 71.9 Å². The van der Waals surface area contributed by atoms with Crippen LogP contribution in [0.4, 0.5) is 5.69 Å². The Morgan fingerprint density at radius 1 is 1.13 bits per heavy atom. The molecule has 0 saturated carbocycles. The molecular formula is C28H29N5O5. The number of nitrogens with zero attached hydrogens (tertiary/aromatic N) is 4. The molecule has 38 heavy (non-hydrogen) atoms. The van der Waals surface area contributed by atoms with Gasteiger partial charge in [0.15, 0.2) is 0 Å². The third kappa shape index (κ3) is 4.80. The minimum atomic E-state index is -0.739. The molecule has 0 bridgehead atoms. The third-order valence-electron chi connectivity index (χ3n) is 6.43. The Labute approximate surface area is 219 Å². The minimum Gasteiger partial charge on any atom is -0.490 e. The maximum atomic E-state index is 13.3. The number of likely N-dealkylation sites (N-methyl/N-ethyl adjacent to an activating group) is 1. The van der Waals surface area contributed by atoms with Crippen molar-refractivity contribution < 1.29 is 19.1 Å². The Hall–Kier alpha value is -4.73. The van der Waals surface area contributed by atoms with Crippen molar-refractivity contribution in [1.29, 1.82) is 0 Å². The van der Waals surface area contributed by atoms with Crippen LogP contribution < -0.4 is 20.5 Å². The number of nitrogens with one attached hydrogen (secondary N) is 1. The molecule has 0 unspecified atom stereocenters. The van der Waals surface area contributed by atoms with Gasteiger partial charge in [0, 0.05) is 25.6 Å². The first-order valence-corrected chi connectivity index (χ1v) is 12.2. The largest absolute Gasteiger partial charge is 0.490 e. The van der Waals surface area contributed by atoms with E-state index in [9.17, 15) is 19.2 Å². The fourth-order valence-electron chi connectivity index (χ4n) is 4.37. The van der Waals surface area contributed by atoms with Crippen LogP contribution in [0.25, 0.3) is 27.7 Å². The molecule has 0 atom stereocenters. The Kier molecular flexibility index (Phi) is 7.43. The van der Waals surface area contributed by atoms with E-state index >= 15 is 0 Å². The molecule has 3 amide bonds. The zero-order valence-electron chi connectivity index (χ0n) is 21.6. The fraction of sp³-hybridized carbons (Fsp3) is 0.250. The standard InChI is InChI=1S/C28H29N5O5/c1-6-31(7-2)27(36)17(3)30-26(35)18(4)33-16-29-25-21(9-8-10-22(25)28(33)37)20-11-12-23-24(15-20)38-14-13-32(23)19(5)34/h8-12,15-16H,3-4,6-7,13-14H2,1-2,5H3,(H,30,35). The van der Waals surface area contributed by atoms with Crippen LogP contribution in [0, 0.1) is 0 Å². The molecule has 0 aliphatic carbocycles. The SMILES string of the molecule is C=C(NC(=O)C(=C)n1cnc2c(-c3ccc4c(c3)OCCN4C(C)=O)cccc2c1=O)C(=O)N(CC)CC. The molecule has 10 heteroatoms. The van der Waals surface area contributed by atoms with Gasteiger partial charge in [-0.05, 0) is 37.6 Å². The lowest BCUT2D eigenvalue weighted by molar-refractivity contribution is -0.128. The van der Waals surface area contributed by atoms with Crippen LogP contribution in [0.3, 0.4) is 0 Å². The number of aromatic nitrogens is 2. The number of hydrogen-bond acceptors (Lipinski definition) is 6. The first-order valence-electron chi connectivity index (χ1n) is 12.2. The number of ether oxygens (including phenoxy) is 1. The van der Waals surface area contributed by atoms with Gasteiger partial charge in [0.2, 0.25) is 5.91 Å². The van der Waals surface area contributed by atoms with E-state index in [1.807, 2.05) is 38.1 Å². The van der Waals surface area contributed by atoms with E-state index in [1.54, 1.807) is 17.0 Å². The summed E-state index contributed by atoms with van der Waals surface area (Å²) in [6, 6.07) is 10.6. The molecule has 1 N–H and O–H groups in total. The average Bonchev–Trinajstić information content (AvgIpc) is 2.92. The van der Waals surface area contributed by atoms with Gasteiger partial charge in [-0.2, -0.15) is 0 Å². The van der Waals surface area contributed by atoms with Crippen molar-refractivity contribution in [2.45, 2.75) is 20.8 Å². The second kappa shape index (κ2) is 10.7. The van der Waals surface area contributed by atoms with Crippen LogP contribution in [-0.4, -0.2) is 58.4 Å². The Balaban J connectivity index is 1.65. The lowest BCUT2D eigenvalue weighted by atomic mass is 10.0. The second-order valence-corrected chi connectivity index (χ2v) is 8.68. The van der Waals surface area contributed by atoms with Crippen LogP contribution in [-0.2, 0) is 14.4 Å². The lowest BCUT2D eigenvalue weighted by Gasteiger charge is -2.29. The van der Waals surface area contributed by atoms with Crippen LogP contribution in [0.1, 0.15) is 20.8 Å². The Bertz CT molecular complexity index is 1540. The zero-order chi connectivity index (χ0) is 27.6. The highest BCUT2D eigenvalue weighted by molar-refractivity contribution is 6.15. The molecule has 4 rings (SSSR count). The predicted molar refractivity (Wildman–Crippen MR) is 146 cm³/mol. The molecule has 2 heterocycles. The summed E-state index contributed by atoms with van der Waals surface area (Å²) in [6.07, 6.45) is 1.23. The summed E-state index contributed by atoms with van der Waals surface area (Å²) in [6.45, 7) is 14.3. The number of carbonyl (C=O) groups is 3. The molecule has 0 fully saturated rings.